The van der Waals surface area contributed by atoms with E-state index in [9.17, 15) is 17.6 Å². The molecule has 3 rings (SSSR count). The molecule has 1 aliphatic carbocycles. The second-order valence-electron chi connectivity index (χ2n) is 6.14. The third-order valence-corrected chi connectivity index (χ3v) is 4.45. The molecular weight excluding hydrogens is 316 g/mol. The highest BCUT2D eigenvalue weighted by atomic mass is 19.2. The van der Waals surface area contributed by atoms with Crippen LogP contribution in [0.25, 0.3) is 11.6 Å². The quantitative estimate of drug-likeness (QED) is 0.595. The Morgan fingerprint density at radius 3 is 2.29 bits per heavy atom. The molecule has 0 unspecified atom stereocenters. The van der Waals surface area contributed by atoms with Crippen molar-refractivity contribution in [1.82, 2.24) is 0 Å². The number of allylic oxidation sites excluding steroid dienone is 1. The highest BCUT2D eigenvalue weighted by molar-refractivity contribution is 5.85. The van der Waals surface area contributed by atoms with E-state index in [1.807, 2.05) is 6.92 Å². The zero-order valence-corrected chi connectivity index (χ0v) is 13.4. The first-order chi connectivity index (χ1) is 11.5. The number of fused-ring (bicyclic) bond motifs is 1. The number of rotatable bonds is 4. The van der Waals surface area contributed by atoms with E-state index in [1.54, 1.807) is 6.08 Å². The molecule has 0 aliphatic heterocycles. The van der Waals surface area contributed by atoms with Crippen molar-refractivity contribution >= 4 is 11.6 Å². The second kappa shape index (κ2) is 6.80. The van der Waals surface area contributed by atoms with Crippen molar-refractivity contribution in [1.29, 1.82) is 0 Å². The SMILES string of the molecule is CCCCc1cc(F)c(C2=Cc3ccc(F)c(F)c3CC2)c(F)c1. The number of halogens is 4. The van der Waals surface area contributed by atoms with Crippen LogP contribution in [0.1, 0.15) is 48.4 Å². The zero-order valence-electron chi connectivity index (χ0n) is 13.4. The van der Waals surface area contributed by atoms with Crippen molar-refractivity contribution in [2.24, 2.45) is 0 Å². The number of unbranched alkanes of at least 4 members (excludes halogenated alkanes) is 1. The molecule has 0 heterocycles. The normalized spacial score (nSPS) is 13.6. The fourth-order valence-corrected chi connectivity index (χ4v) is 3.17. The van der Waals surface area contributed by atoms with Gasteiger partial charge in [0.05, 0.1) is 0 Å². The lowest BCUT2D eigenvalue weighted by Gasteiger charge is -2.19. The molecule has 0 amide bonds. The molecule has 4 heteroatoms. The second-order valence-corrected chi connectivity index (χ2v) is 6.14. The summed E-state index contributed by atoms with van der Waals surface area (Å²) < 4.78 is 55.9. The van der Waals surface area contributed by atoms with Crippen molar-refractivity contribution in [2.45, 2.75) is 39.0 Å². The maximum Gasteiger partial charge on any atom is 0.162 e. The summed E-state index contributed by atoms with van der Waals surface area (Å²) in [5, 5.41) is 0. The van der Waals surface area contributed by atoms with Crippen LogP contribution in [0.5, 0.6) is 0 Å². The Kier molecular flexibility index (Phi) is 4.74. The van der Waals surface area contributed by atoms with Crippen molar-refractivity contribution in [2.75, 3.05) is 0 Å². The molecule has 0 saturated carbocycles. The average molecular weight is 334 g/mol. The van der Waals surface area contributed by atoms with Gasteiger partial charge in [-0.1, -0.05) is 25.5 Å². The van der Waals surface area contributed by atoms with Gasteiger partial charge in [-0.2, -0.15) is 0 Å². The average Bonchev–Trinajstić information content (AvgIpc) is 2.56. The van der Waals surface area contributed by atoms with Gasteiger partial charge in [0.25, 0.3) is 0 Å². The molecule has 0 N–H and O–H groups in total. The van der Waals surface area contributed by atoms with Gasteiger partial charge in [0.2, 0.25) is 0 Å². The Balaban J connectivity index is 2.00. The van der Waals surface area contributed by atoms with E-state index in [0.29, 0.717) is 23.1 Å². The van der Waals surface area contributed by atoms with Crippen LogP contribution in [0.4, 0.5) is 17.6 Å². The van der Waals surface area contributed by atoms with Crippen LogP contribution in [0.15, 0.2) is 24.3 Å². The van der Waals surface area contributed by atoms with E-state index >= 15 is 0 Å². The van der Waals surface area contributed by atoms with Crippen LogP contribution in [0.2, 0.25) is 0 Å². The van der Waals surface area contributed by atoms with Gasteiger partial charge in [-0.3, -0.25) is 0 Å². The first-order valence-corrected chi connectivity index (χ1v) is 8.17. The minimum Gasteiger partial charge on any atom is -0.206 e. The zero-order chi connectivity index (χ0) is 17.3. The minimum absolute atomic E-state index is 0.0642. The standard InChI is InChI=1S/C20H18F4/c1-2-3-4-12-9-17(22)19(18(23)10-12)14-5-7-15-13(11-14)6-8-16(21)20(15)24/h6,8-11H,2-5,7H2,1H3. The van der Waals surface area contributed by atoms with Crippen molar-refractivity contribution in [3.8, 4) is 0 Å². The molecule has 0 aromatic heterocycles. The highest BCUT2D eigenvalue weighted by Gasteiger charge is 2.22. The van der Waals surface area contributed by atoms with Gasteiger partial charge in [0, 0.05) is 5.56 Å². The maximum absolute atomic E-state index is 14.4. The van der Waals surface area contributed by atoms with E-state index in [1.165, 1.54) is 18.2 Å². The highest BCUT2D eigenvalue weighted by Crippen LogP contribution is 2.35. The lowest BCUT2D eigenvalue weighted by atomic mass is 9.87. The molecule has 0 nitrogen and oxygen atoms in total. The molecular formula is C20H18F4. The van der Waals surface area contributed by atoms with Crippen LogP contribution in [-0.4, -0.2) is 0 Å². The Morgan fingerprint density at radius 2 is 1.62 bits per heavy atom. The molecule has 126 valence electrons. The van der Waals surface area contributed by atoms with Gasteiger partial charge in [-0.05, 0) is 66.1 Å². The molecule has 0 atom stereocenters. The molecule has 0 fully saturated rings. The van der Waals surface area contributed by atoms with Crippen LogP contribution in [0, 0.1) is 23.3 Å². The Labute approximate surface area is 138 Å². The summed E-state index contributed by atoms with van der Waals surface area (Å²) in [7, 11) is 0. The van der Waals surface area contributed by atoms with Crippen molar-refractivity contribution in [3.63, 3.8) is 0 Å². The van der Waals surface area contributed by atoms with E-state index in [2.05, 4.69) is 0 Å². The molecule has 24 heavy (non-hydrogen) atoms. The molecule has 0 bridgehead atoms. The number of hydrogen-bond acceptors (Lipinski definition) is 0. The fraction of sp³-hybridized carbons (Fsp3) is 0.300. The monoisotopic (exact) mass is 334 g/mol. The van der Waals surface area contributed by atoms with Crippen LogP contribution >= 0.6 is 0 Å². The third kappa shape index (κ3) is 3.10. The molecule has 0 spiro atoms. The molecule has 2 aromatic carbocycles. The first kappa shape index (κ1) is 16.7. The van der Waals surface area contributed by atoms with Crippen LogP contribution < -0.4 is 0 Å². The maximum atomic E-state index is 14.4. The topological polar surface area (TPSA) is 0 Å². The van der Waals surface area contributed by atoms with Crippen molar-refractivity contribution in [3.05, 3.63) is 69.8 Å². The predicted octanol–water partition coefficient (Wildman–Crippen LogP) is 6.07. The van der Waals surface area contributed by atoms with E-state index in [0.717, 1.165) is 18.9 Å². The minimum atomic E-state index is -0.900. The third-order valence-electron chi connectivity index (χ3n) is 4.45. The molecule has 1 aliphatic rings. The lowest BCUT2D eigenvalue weighted by molar-refractivity contribution is 0.498. The Bertz CT molecular complexity index is 783. The Morgan fingerprint density at radius 1 is 0.917 bits per heavy atom. The Hall–Kier alpha value is -2.10. The summed E-state index contributed by atoms with van der Waals surface area (Å²) in [4.78, 5) is 0. The largest absolute Gasteiger partial charge is 0.206 e. The molecule has 0 radical (unpaired) electrons. The smallest absolute Gasteiger partial charge is 0.162 e. The fourth-order valence-electron chi connectivity index (χ4n) is 3.17. The lowest BCUT2D eigenvalue weighted by Crippen LogP contribution is -2.06. The summed E-state index contributed by atoms with van der Waals surface area (Å²) in [5.74, 6) is -2.97. The summed E-state index contributed by atoms with van der Waals surface area (Å²) in [6.45, 7) is 2.02. The van der Waals surface area contributed by atoms with E-state index in [4.69, 9.17) is 0 Å². The molecule has 2 aromatic rings. The number of hydrogen-bond donors (Lipinski definition) is 0. The van der Waals surface area contributed by atoms with E-state index < -0.39 is 23.3 Å². The summed E-state index contributed by atoms with van der Waals surface area (Å²) in [5.41, 5.74) is 1.79. The summed E-state index contributed by atoms with van der Waals surface area (Å²) in [6, 6.07) is 5.22. The van der Waals surface area contributed by atoms with Gasteiger partial charge < -0.3 is 0 Å². The van der Waals surface area contributed by atoms with Crippen LogP contribution in [-0.2, 0) is 12.8 Å². The van der Waals surface area contributed by atoms with Gasteiger partial charge in [-0.25, -0.2) is 17.6 Å². The van der Waals surface area contributed by atoms with Gasteiger partial charge >= 0.3 is 0 Å². The summed E-state index contributed by atoms with van der Waals surface area (Å²) >= 11 is 0. The first-order valence-electron chi connectivity index (χ1n) is 8.17. The molecule has 0 saturated heterocycles. The van der Waals surface area contributed by atoms with Crippen LogP contribution in [0.3, 0.4) is 0 Å². The summed E-state index contributed by atoms with van der Waals surface area (Å²) in [6.07, 6.45) is 4.51. The number of aryl methyl sites for hydroxylation is 1. The van der Waals surface area contributed by atoms with Gasteiger partial charge in [0.1, 0.15) is 11.6 Å². The van der Waals surface area contributed by atoms with Gasteiger partial charge in [-0.15, -0.1) is 0 Å². The van der Waals surface area contributed by atoms with Crippen molar-refractivity contribution < 1.29 is 17.6 Å². The number of benzene rings is 2. The predicted molar refractivity (Wildman–Crippen MR) is 87.5 cm³/mol. The van der Waals surface area contributed by atoms with Gasteiger partial charge in [0.15, 0.2) is 11.6 Å². The van der Waals surface area contributed by atoms with E-state index in [-0.39, 0.29) is 24.0 Å².